The van der Waals surface area contributed by atoms with Gasteiger partial charge in [0.2, 0.25) is 0 Å². The molecule has 2 unspecified atom stereocenters. The number of rotatable bonds is 8. The zero-order valence-electron chi connectivity index (χ0n) is 16.0. The average Bonchev–Trinajstić information content (AvgIpc) is 2.44. The van der Waals surface area contributed by atoms with Gasteiger partial charge in [0, 0.05) is 27.1 Å². The Bertz CT molecular complexity index is 449. The second-order valence-electron chi connectivity index (χ2n) is 7.25. The van der Waals surface area contributed by atoms with Crippen molar-refractivity contribution in [2.45, 2.75) is 76.7 Å². The van der Waals surface area contributed by atoms with Gasteiger partial charge in [0.05, 0.1) is 23.3 Å². The van der Waals surface area contributed by atoms with Gasteiger partial charge < -0.3 is 20.4 Å². The number of nitrogens with zero attached hydrogens (tertiary/aromatic N) is 4. The maximum Gasteiger partial charge on any atom is 0.167 e. The number of methoxy groups -OCH3 is 2. The quantitative estimate of drug-likeness (QED) is 0.617. The first-order chi connectivity index (χ1) is 9.86. The Kier molecular flexibility index (Phi) is 11.0. The molecular weight excluding hydrogens is 312 g/mol. The van der Waals surface area contributed by atoms with Crippen molar-refractivity contribution in [2.75, 3.05) is 14.2 Å². The minimum atomic E-state index is -1.05. The highest BCUT2D eigenvalue weighted by Crippen LogP contribution is 2.30. The molecule has 0 saturated carbocycles. The van der Waals surface area contributed by atoms with Crippen molar-refractivity contribution < 1.29 is 20.4 Å². The first-order valence-corrected chi connectivity index (χ1v) is 7.23. The summed E-state index contributed by atoms with van der Waals surface area (Å²) >= 11 is 0. The third-order valence-electron chi connectivity index (χ3n) is 3.62. The summed E-state index contributed by atoms with van der Waals surface area (Å²) in [7, 11) is 3.19. The molecule has 0 aliphatic rings. The number of hydrogen-bond donors (Lipinski definition) is 0. The minimum absolute atomic E-state index is 0. The monoisotopic (exact) mass is 344 g/mol. The fourth-order valence-corrected chi connectivity index (χ4v) is 2.22. The SMILES string of the molecule is COC(C)(C)CC(C)(C#N)N=NC(C)(C#N)CC(C)(C)OC.O.O. The van der Waals surface area contributed by atoms with Gasteiger partial charge in [-0.25, -0.2) is 0 Å². The molecule has 0 bridgehead atoms. The summed E-state index contributed by atoms with van der Waals surface area (Å²) in [6, 6.07) is 4.32. The summed E-state index contributed by atoms with van der Waals surface area (Å²) in [5, 5.41) is 27.2. The molecule has 0 saturated heterocycles. The zero-order valence-corrected chi connectivity index (χ0v) is 16.0. The number of ether oxygens (including phenoxy) is 2. The van der Waals surface area contributed by atoms with Crippen molar-refractivity contribution in [2.24, 2.45) is 10.2 Å². The van der Waals surface area contributed by atoms with E-state index in [1.807, 2.05) is 27.7 Å². The van der Waals surface area contributed by atoms with E-state index in [4.69, 9.17) is 9.47 Å². The molecule has 4 N–H and O–H groups in total. The Morgan fingerprint density at radius 3 is 1.12 bits per heavy atom. The number of nitriles is 2. The second-order valence-corrected chi connectivity index (χ2v) is 7.25. The molecule has 0 fully saturated rings. The molecule has 24 heavy (non-hydrogen) atoms. The van der Waals surface area contributed by atoms with Crippen LogP contribution in [0.1, 0.15) is 54.4 Å². The first kappa shape index (κ1) is 27.3. The summed E-state index contributed by atoms with van der Waals surface area (Å²) < 4.78 is 10.7. The van der Waals surface area contributed by atoms with E-state index in [9.17, 15) is 10.5 Å². The van der Waals surface area contributed by atoms with Crippen LogP contribution in [0.25, 0.3) is 0 Å². The fraction of sp³-hybridized carbons (Fsp3) is 0.875. The Morgan fingerprint density at radius 1 is 0.708 bits per heavy atom. The van der Waals surface area contributed by atoms with Crippen LogP contribution in [0.2, 0.25) is 0 Å². The molecule has 0 radical (unpaired) electrons. The van der Waals surface area contributed by atoms with Gasteiger partial charge >= 0.3 is 0 Å². The van der Waals surface area contributed by atoms with Crippen molar-refractivity contribution in [3.63, 3.8) is 0 Å². The Balaban J connectivity index is -0.00000220. The largest absolute Gasteiger partial charge is 0.412 e. The van der Waals surface area contributed by atoms with E-state index in [0.717, 1.165) is 0 Å². The van der Waals surface area contributed by atoms with Gasteiger partial charge in [0.1, 0.15) is 0 Å². The van der Waals surface area contributed by atoms with Crippen molar-refractivity contribution in [3.05, 3.63) is 0 Å². The van der Waals surface area contributed by atoms with Crippen LogP contribution in [0, 0.1) is 22.7 Å². The lowest BCUT2D eigenvalue weighted by molar-refractivity contribution is 0.000704. The molecule has 0 aromatic carbocycles. The molecule has 0 spiro atoms. The molecule has 140 valence electrons. The third kappa shape index (κ3) is 8.90. The summed E-state index contributed by atoms with van der Waals surface area (Å²) in [5.41, 5.74) is -3.10. The summed E-state index contributed by atoms with van der Waals surface area (Å²) in [4.78, 5) is 0. The molecule has 0 aliphatic heterocycles. The van der Waals surface area contributed by atoms with Gasteiger partial charge in [0.25, 0.3) is 0 Å². The van der Waals surface area contributed by atoms with E-state index in [2.05, 4.69) is 22.4 Å². The second kappa shape index (κ2) is 9.65. The van der Waals surface area contributed by atoms with E-state index < -0.39 is 22.3 Å². The molecular formula is C16H32N4O4. The molecule has 8 nitrogen and oxygen atoms in total. The van der Waals surface area contributed by atoms with Gasteiger partial charge in [-0.1, -0.05) is 0 Å². The number of azo groups is 1. The molecule has 0 heterocycles. The highest BCUT2D eigenvalue weighted by Gasteiger charge is 2.36. The van der Waals surface area contributed by atoms with E-state index in [-0.39, 0.29) is 11.0 Å². The van der Waals surface area contributed by atoms with Crippen LogP contribution in [-0.2, 0) is 9.47 Å². The van der Waals surface area contributed by atoms with Gasteiger partial charge in [-0.3, -0.25) is 0 Å². The molecule has 2 atom stereocenters. The normalized spacial score (nSPS) is 16.8. The zero-order chi connectivity index (χ0) is 17.7. The van der Waals surface area contributed by atoms with Crippen molar-refractivity contribution >= 4 is 0 Å². The van der Waals surface area contributed by atoms with E-state index in [1.165, 1.54) is 0 Å². The molecule has 8 heteroatoms. The predicted octanol–water partition coefficient (Wildman–Crippen LogP) is 1.98. The minimum Gasteiger partial charge on any atom is -0.412 e. The molecule has 0 aromatic rings. The maximum absolute atomic E-state index is 9.43. The van der Waals surface area contributed by atoms with Crippen LogP contribution in [0.15, 0.2) is 10.2 Å². The van der Waals surface area contributed by atoms with Gasteiger partial charge in [-0.05, 0) is 41.5 Å². The predicted molar refractivity (Wildman–Crippen MR) is 91.5 cm³/mol. The number of hydrogen-bond acceptors (Lipinski definition) is 6. The van der Waals surface area contributed by atoms with Crippen molar-refractivity contribution in [1.82, 2.24) is 0 Å². The lowest BCUT2D eigenvalue weighted by Crippen LogP contribution is -2.37. The van der Waals surface area contributed by atoms with E-state index >= 15 is 0 Å². The van der Waals surface area contributed by atoms with Crippen LogP contribution in [0.4, 0.5) is 0 Å². The van der Waals surface area contributed by atoms with Crippen LogP contribution in [0.3, 0.4) is 0 Å². The van der Waals surface area contributed by atoms with Gasteiger partial charge in [-0.2, -0.15) is 20.8 Å². The van der Waals surface area contributed by atoms with Gasteiger partial charge in [-0.15, -0.1) is 0 Å². The summed E-state index contributed by atoms with van der Waals surface area (Å²) in [5.74, 6) is 0. The lowest BCUT2D eigenvalue weighted by Gasteiger charge is -2.31. The standard InChI is InChI=1S/C16H28N4O2.2H2O/c1-13(2,21-7)9-15(5,11-17)19-20-16(6,12-18)10-14(3,4)22-8;;/h9-10H2,1-8H3;2*1H2. The molecule has 0 aromatic heterocycles. The fourth-order valence-electron chi connectivity index (χ4n) is 2.22. The van der Waals surface area contributed by atoms with Crippen molar-refractivity contribution in [3.8, 4) is 12.1 Å². The maximum atomic E-state index is 9.43. The molecule has 0 amide bonds. The lowest BCUT2D eigenvalue weighted by atomic mass is 9.88. The first-order valence-electron chi connectivity index (χ1n) is 7.23. The van der Waals surface area contributed by atoms with Crippen LogP contribution < -0.4 is 0 Å². The van der Waals surface area contributed by atoms with Crippen molar-refractivity contribution in [1.29, 1.82) is 10.5 Å². The highest BCUT2D eigenvalue weighted by molar-refractivity contribution is 5.10. The smallest absolute Gasteiger partial charge is 0.167 e. The van der Waals surface area contributed by atoms with E-state index in [0.29, 0.717) is 12.8 Å². The van der Waals surface area contributed by atoms with E-state index in [1.54, 1.807) is 28.1 Å². The Hall–Kier alpha value is -1.58. The van der Waals surface area contributed by atoms with Crippen LogP contribution >= 0.6 is 0 Å². The van der Waals surface area contributed by atoms with Crippen LogP contribution in [-0.4, -0.2) is 47.5 Å². The highest BCUT2D eigenvalue weighted by atomic mass is 16.5. The molecule has 0 aliphatic carbocycles. The Labute approximate surface area is 145 Å². The summed E-state index contributed by atoms with van der Waals surface area (Å²) in [6.45, 7) is 10.9. The third-order valence-corrected chi connectivity index (χ3v) is 3.62. The average molecular weight is 344 g/mol. The summed E-state index contributed by atoms with van der Waals surface area (Å²) in [6.07, 6.45) is 0.761. The van der Waals surface area contributed by atoms with Crippen LogP contribution in [0.5, 0.6) is 0 Å². The molecule has 0 rings (SSSR count). The topological polar surface area (TPSA) is 154 Å². The van der Waals surface area contributed by atoms with Gasteiger partial charge in [0.15, 0.2) is 11.1 Å². The Morgan fingerprint density at radius 2 is 0.958 bits per heavy atom.